The highest BCUT2D eigenvalue weighted by molar-refractivity contribution is 9.10. The van der Waals surface area contributed by atoms with Crippen molar-refractivity contribution in [3.8, 4) is 5.75 Å². The number of nitrogens with one attached hydrogen (secondary N) is 1. The molecule has 2 aromatic rings. The number of halogens is 1. The SMILES string of the molecule is O=C(O)C1CSC(c2ccc(COc3ccc(Br)cc3)o2)N1. The molecule has 1 fully saturated rings. The van der Waals surface area contributed by atoms with Crippen LogP contribution >= 0.6 is 27.7 Å². The Morgan fingerprint density at radius 1 is 1.36 bits per heavy atom. The van der Waals surface area contributed by atoms with Crippen molar-refractivity contribution in [2.75, 3.05) is 5.75 Å². The lowest BCUT2D eigenvalue weighted by atomic mass is 10.3. The van der Waals surface area contributed by atoms with Crippen LogP contribution in [-0.4, -0.2) is 22.9 Å². The van der Waals surface area contributed by atoms with Crippen molar-refractivity contribution in [3.63, 3.8) is 0 Å². The van der Waals surface area contributed by atoms with Crippen LogP contribution in [0, 0.1) is 0 Å². The molecular weight excluding hydrogens is 370 g/mol. The second-order valence-corrected chi connectivity index (χ2v) is 6.87. The molecule has 22 heavy (non-hydrogen) atoms. The molecule has 2 unspecified atom stereocenters. The van der Waals surface area contributed by atoms with Crippen molar-refractivity contribution in [3.05, 3.63) is 52.4 Å². The van der Waals surface area contributed by atoms with E-state index in [0.29, 0.717) is 18.1 Å². The zero-order chi connectivity index (χ0) is 15.5. The summed E-state index contributed by atoms with van der Waals surface area (Å²) in [6.45, 7) is 0.335. The molecule has 0 aliphatic carbocycles. The minimum atomic E-state index is -0.833. The van der Waals surface area contributed by atoms with Crippen LogP contribution in [0.15, 0.2) is 45.3 Å². The van der Waals surface area contributed by atoms with Gasteiger partial charge in [-0.25, -0.2) is 0 Å². The van der Waals surface area contributed by atoms with E-state index in [0.717, 1.165) is 16.0 Å². The predicted molar refractivity (Wildman–Crippen MR) is 86.9 cm³/mol. The van der Waals surface area contributed by atoms with Gasteiger partial charge < -0.3 is 14.3 Å². The Morgan fingerprint density at radius 3 is 2.82 bits per heavy atom. The van der Waals surface area contributed by atoms with Gasteiger partial charge >= 0.3 is 5.97 Å². The first-order valence-electron chi connectivity index (χ1n) is 6.69. The molecule has 5 nitrogen and oxygen atoms in total. The maximum absolute atomic E-state index is 10.9. The summed E-state index contributed by atoms with van der Waals surface area (Å²) >= 11 is 4.90. The highest BCUT2D eigenvalue weighted by Crippen LogP contribution is 2.34. The van der Waals surface area contributed by atoms with Gasteiger partial charge in [-0.2, -0.15) is 0 Å². The Balaban J connectivity index is 1.57. The summed E-state index contributed by atoms with van der Waals surface area (Å²) < 4.78 is 12.4. The fourth-order valence-electron chi connectivity index (χ4n) is 2.08. The third-order valence-corrected chi connectivity index (χ3v) is 4.97. The van der Waals surface area contributed by atoms with Crippen LogP contribution in [0.3, 0.4) is 0 Å². The van der Waals surface area contributed by atoms with E-state index in [2.05, 4.69) is 21.2 Å². The summed E-state index contributed by atoms with van der Waals surface area (Å²) in [5.74, 6) is 1.90. The van der Waals surface area contributed by atoms with Crippen LogP contribution < -0.4 is 10.1 Å². The van der Waals surface area contributed by atoms with Crippen molar-refractivity contribution in [2.24, 2.45) is 0 Å². The highest BCUT2D eigenvalue weighted by atomic mass is 79.9. The molecule has 1 aromatic carbocycles. The first-order valence-corrected chi connectivity index (χ1v) is 8.53. The summed E-state index contributed by atoms with van der Waals surface area (Å²) in [6, 6.07) is 10.8. The minimum absolute atomic E-state index is 0.123. The molecule has 0 radical (unpaired) electrons. The maximum atomic E-state index is 10.9. The first-order chi connectivity index (χ1) is 10.6. The molecule has 0 spiro atoms. The fourth-order valence-corrected chi connectivity index (χ4v) is 3.52. The number of aliphatic carboxylic acids is 1. The molecule has 1 saturated heterocycles. The average Bonchev–Trinajstić information content (AvgIpc) is 3.15. The molecule has 0 bridgehead atoms. The molecule has 1 aliphatic heterocycles. The second-order valence-electron chi connectivity index (χ2n) is 4.82. The van der Waals surface area contributed by atoms with Crippen LogP contribution in [0.2, 0.25) is 0 Å². The third kappa shape index (κ3) is 3.66. The number of thioether (sulfide) groups is 1. The molecule has 3 rings (SSSR count). The number of carbonyl (C=O) groups is 1. The lowest BCUT2D eigenvalue weighted by Gasteiger charge is -2.08. The molecule has 2 atom stereocenters. The molecule has 0 amide bonds. The Bertz CT molecular complexity index is 658. The maximum Gasteiger partial charge on any atom is 0.321 e. The Hall–Kier alpha value is -1.44. The van der Waals surface area contributed by atoms with Crippen LogP contribution in [0.5, 0.6) is 5.75 Å². The normalized spacial score (nSPS) is 21.0. The summed E-state index contributed by atoms with van der Waals surface area (Å²) in [7, 11) is 0. The second kappa shape index (κ2) is 6.76. The van der Waals surface area contributed by atoms with E-state index in [1.54, 1.807) is 0 Å². The van der Waals surface area contributed by atoms with Crippen molar-refractivity contribution in [1.29, 1.82) is 0 Å². The summed E-state index contributed by atoms with van der Waals surface area (Å²) in [4.78, 5) is 10.9. The summed E-state index contributed by atoms with van der Waals surface area (Å²) in [5, 5.41) is 11.9. The quantitative estimate of drug-likeness (QED) is 0.823. The van der Waals surface area contributed by atoms with Crippen LogP contribution in [0.25, 0.3) is 0 Å². The largest absolute Gasteiger partial charge is 0.486 e. The zero-order valence-corrected chi connectivity index (χ0v) is 13.9. The van der Waals surface area contributed by atoms with Crippen molar-refractivity contribution >= 4 is 33.7 Å². The van der Waals surface area contributed by atoms with Crippen molar-refractivity contribution in [1.82, 2.24) is 5.32 Å². The molecular formula is C15H14BrNO4S. The topological polar surface area (TPSA) is 71.7 Å². The van der Waals surface area contributed by atoms with Gasteiger partial charge in [-0.3, -0.25) is 10.1 Å². The summed E-state index contributed by atoms with van der Waals surface area (Å²) in [6.07, 6.45) is 0. The number of hydrogen-bond acceptors (Lipinski definition) is 5. The van der Waals surface area contributed by atoms with Crippen molar-refractivity contribution in [2.45, 2.75) is 18.0 Å². The average molecular weight is 384 g/mol. The molecule has 2 N–H and O–H groups in total. The molecule has 1 aromatic heterocycles. The number of ether oxygens (including phenoxy) is 1. The minimum Gasteiger partial charge on any atom is -0.486 e. The zero-order valence-electron chi connectivity index (χ0n) is 11.5. The number of carboxylic acids is 1. The van der Waals surface area contributed by atoms with Gasteiger partial charge in [0.25, 0.3) is 0 Å². The predicted octanol–water partition coefficient (Wildman–Crippen LogP) is 3.41. The molecule has 1 aliphatic rings. The van der Waals surface area contributed by atoms with E-state index in [1.807, 2.05) is 36.4 Å². The Labute approximate surface area is 140 Å². The van der Waals surface area contributed by atoms with Crippen molar-refractivity contribution < 1.29 is 19.1 Å². The van der Waals surface area contributed by atoms with Gasteiger partial charge in [0.05, 0.1) is 0 Å². The van der Waals surface area contributed by atoms with Gasteiger partial charge in [0.15, 0.2) is 0 Å². The van der Waals surface area contributed by atoms with E-state index < -0.39 is 12.0 Å². The van der Waals surface area contributed by atoms with Gasteiger partial charge in [-0.15, -0.1) is 11.8 Å². The van der Waals surface area contributed by atoms with Gasteiger partial charge in [0.1, 0.15) is 35.3 Å². The summed E-state index contributed by atoms with van der Waals surface area (Å²) in [5.41, 5.74) is 0. The highest BCUT2D eigenvalue weighted by Gasteiger charge is 2.32. The van der Waals surface area contributed by atoms with E-state index >= 15 is 0 Å². The van der Waals surface area contributed by atoms with E-state index in [-0.39, 0.29) is 5.37 Å². The lowest BCUT2D eigenvalue weighted by molar-refractivity contribution is -0.138. The van der Waals surface area contributed by atoms with E-state index in [4.69, 9.17) is 14.3 Å². The lowest BCUT2D eigenvalue weighted by Crippen LogP contribution is -2.33. The van der Waals surface area contributed by atoms with Crippen LogP contribution in [0.1, 0.15) is 16.9 Å². The van der Waals surface area contributed by atoms with Gasteiger partial charge in [0.2, 0.25) is 0 Å². The Kier molecular flexibility index (Phi) is 4.75. The van der Waals surface area contributed by atoms with Gasteiger partial charge in [0, 0.05) is 10.2 Å². The monoisotopic (exact) mass is 383 g/mol. The Morgan fingerprint density at radius 2 is 2.14 bits per heavy atom. The van der Waals surface area contributed by atoms with Gasteiger partial charge in [-0.05, 0) is 36.4 Å². The third-order valence-electron chi connectivity index (χ3n) is 3.22. The number of carboxylic acid groups (broad SMARTS) is 1. The number of furan rings is 1. The van der Waals surface area contributed by atoms with Crippen LogP contribution in [0.4, 0.5) is 0 Å². The van der Waals surface area contributed by atoms with Crippen LogP contribution in [-0.2, 0) is 11.4 Å². The first kappa shape index (κ1) is 15.5. The molecule has 0 saturated carbocycles. The van der Waals surface area contributed by atoms with E-state index in [1.165, 1.54) is 11.8 Å². The fraction of sp³-hybridized carbons (Fsp3) is 0.267. The number of benzene rings is 1. The standard InChI is InChI=1S/C15H14BrNO4S/c16-9-1-3-10(4-2-9)20-7-11-5-6-13(21-11)14-17-12(8-22-14)15(18)19/h1-6,12,14,17H,7-8H2,(H,18,19). The number of hydrogen-bond donors (Lipinski definition) is 2. The van der Waals surface area contributed by atoms with E-state index in [9.17, 15) is 4.79 Å². The molecule has 116 valence electrons. The smallest absolute Gasteiger partial charge is 0.321 e. The number of rotatable bonds is 5. The van der Waals surface area contributed by atoms with Gasteiger partial charge in [-0.1, -0.05) is 15.9 Å². The molecule has 7 heteroatoms. The molecule has 2 heterocycles.